The normalized spacial score (nSPS) is 12.4. The molecule has 0 spiro atoms. The van der Waals surface area contributed by atoms with E-state index in [1.54, 1.807) is 0 Å². The van der Waals surface area contributed by atoms with Crippen LogP contribution in [-0.4, -0.2) is 31.8 Å². The van der Waals surface area contributed by atoms with Crippen LogP contribution in [-0.2, 0) is 0 Å². The molecule has 0 aliphatic heterocycles. The lowest BCUT2D eigenvalue weighted by Gasteiger charge is -2.16. The number of nitrogens with one attached hydrogen (secondary N) is 1. The van der Waals surface area contributed by atoms with Gasteiger partial charge in [0.2, 0.25) is 0 Å². The summed E-state index contributed by atoms with van der Waals surface area (Å²) < 4.78 is 1.42. The van der Waals surface area contributed by atoms with Crippen LogP contribution < -0.4 is 5.32 Å². The van der Waals surface area contributed by atoms with Crippen molar-refractivity contribution in [3.8, 4) is 0 Å². The predicted molar refractivity (Wildman–Crippen MR) is 76.5 cm³/mol. The molecule has 0 radical (unpaired) electrons. The van der Waals surface area contributed by atoms with Crippen molar-refractivity contribution in [2.45, 2.75) is 19.3 Å². The SMILES string of the molecule is CC[C@H](CNc1ccc2nnnn2n1)c1ccccc1. The van der Waals surface area contributed by atoms with E-state index >= 15 is 0 Å². The van der Waals surface area contributed by atoms with Crippen molar-refractivity contribution in [3.05, 3.63) is 48.0 Å². The third kappa shape index (κ3) is 2.59. The number of nitrogens with zero attached hydrogens (tertiary/aromatic N) is 5. The van der Waals surface area contributed by atoms with Crippen molar-refractivity contribution in [1.82, 2.24) is 25.3 Å². The molecule has 3 aromatic rings. The lowest BCUT2D eigenvalue weighted by atomic mass is 9.96. The fraction of sp³-hybridized carbons (Fsp3) is 0.286. The molecule has 6 heteroatoms. The molecule has 3 rings (SSSR count). The molecule has 0 saturated carbocycles. The molecule has 1 N–H and O–H groups in total. The van der Waals surface area contributed by atoms with Gasteiger partial charge < -0.3 is 5.32 Å². The molecule has 1 atom stereocenters. The second-order valence-corrected chi connectivity index (χ2v) is 4.64. The second kappa shape index (κ2) is 5.64. The zero-order valence-electron chi connectivity index (χ0n) is 11.3. The van der Waals surface area contributed by atoms with Crippen LogP contribution in [0.15, 0.2) is 42.5 Å². The van der Waals surface area contributed by atoms with Gasteiger partial charge in [-0.1, -0.05) is 37.3 Å². The number of aromatic nitrogens is 5. The highest BCUT2D eigenvalue weighted by Crippen LogP contribution is 2.19. The number of tetrazole rings is 1. The number of rotatable bonds is 5. The first kappa shape index (κ1) is 12.5. The van der Waals surface area contributed by atoms with Gasteiger partial charge in [0.1, 0.15) is 5.82 Å². The third-order valence-corrected chi connectivity index (χ3v) is 3.36. The highest BCUT2D eigenvalue weighted by Gasteiger charge is 2.09. The Balaban J connectivity index is 1.71. The summed E-state index contributed by atoms with van der Waals surface area (Å²) in [6.45, 7) is 3.03. The number of benzene rings is 1. The van der Waals surface area contributed by atoms with E-state index in [9.17, 15) is 0 Å². The maximum absolute atomic E-state index is 4.30. The smallest absolute Gasteiger partial charge is 0.200 e. The summed E-state index contributed by atoms with van der Waals surface area (Å²) >= 11 is 0. The number of fused-ring (bicyclic) bond motifs is 1. The van der Waals surface area contributed by atoms with Crippen molar-refractivity contribution in [2.24, 2.45) is 0 Å². The molecule has 6 nitrogen and oxygen atoms in total. The Morgan fingerprint density at radius 3 is 2.80 bits per heavy atom. The highest BCUT2D eigenvalue weighted by atomic mass is 15.6. The molecule has 0 unspecified atom stereocenters. The Hall–Kier alpha value is -2.50. The summed E-state index contributed by atoms with van der Waals surface area (Å²) in [5, 5.41) is 18.8. The van der Waals surface area contributed by atoms with Crippen molar-refractivity contribution in [3.63, 3.8) is 0 Å². The monoisotopic (exact) mass is 268 g/mol. The van der Waals surface area contributed by atoms with Crippen LogP contribution in [0.25, 0.3) is 5.65 Å². The topological polar surface area (TPSA) is 68.0 Å². The summed E-state index contributed by atoms with van der Waals surface area (Å²) in [5.74, 6) is 1.24. The maximum Gasteiger partial charge on any atom is 0.200 e. The Kier molecular flexibility index (Phi) is 3.54. The molecule has 1 aromatic carbocycles. The van der Waals surface area contributed by atoms with E-state index < -0.39 is 0 Å². The van der Waals surface area contributed by atoms with Gasteiger partial charge in [-0.3, -0.25) is 0 Å². The van der Waals surface area contributed by atoms with Crippen LogP contribution >= 0.6 is 0 Å². The molecule has 0 saturated heterocycles. The van der Waals surface area contributed by atoms with Crippen molar-refractivity contribution in [1.29, 1.82) is 0 Å². The molecule has 20 heavy (non-hydrogen) atoms. The first-order chi connectivity index (χ1) is 9.86. The van der Waals surface area contributed by atoms with Gasteiger partial charge in [-0.15, -0.1) is 14.8 Å². The Morgan fingerprint density at radius 2 is 2.00 bits per heavy atom. The van der Waals surface area contributed by atoms with Crippen molar-refractivity contribution in [2.75, 3.05) is 11.9 Å². The average molecular weight is 268 g/mol. The molecule has 0 fully saturated rings. The minimum absolute atomic E-state index is 0.461. The summed E-state index contributed by atoms with van der Waals surface area (Å²) in [4.78, 5) is 0. The molecule has 0 amide bonds. The van der Waals surface area contributed by atoms with Crippen molar-refractivity contribution < 1.29 is 0 Å². The van der Waals surface area contributed by atoms with E-state index in [1.165, 1.54) is 10.2 Å². The zero-order valence-corrected chi connectivity index (χ0v) is 11.3. The van der Waals surface area contributed by atoms with Gasteiger partial charge in [0.15, 0.2) is 5.65 Å². The fourth-order valence-corrected chi connectivity index (χ4v) is 2.19. The van der Waals surface area contributed by atoms with Crippen LogP contribution in [0.1, 0.15) is 24.8 Å². The first-order valence-corrected chi connectivity index (χ1v) is 6.71. The van der Waals surface area contributed by atoms with Crippen LogP contribution in [0.5, 0.6) is 0 Å². The number of anilines is 1. The molecular formula is C14H16N6. The van der Waals surface area contributed by atoms with E-state index in [4.69, 9.17) is 0 Å². The molecule has 0 aliphatic rings. The van der Waals surface area contributed by atoms with Crippen LogP contribution in [0.3, 0.4) is 0 Å². The quantitative estimate of drug-likeness (QED) is 0.767. The number of hydrogen-bond donors (Lipinski definition) is 1. The highest BCUT2D eigenvalue weighted by molar-refractivity contribution is 5.42. The minimum atomic E-state index is 0.461. The Bertz CT molecular complexity index is 678. The summed E-state index contributed by atoms with van der Waals surface area (Å²) in [6, 6.07) is 14.2. The molecule has 102 valence electrons. The van der Waals surface area contributed by atoms with Crippen molar-refractivity contribution >= 4 is 11.5 Å². The largest absolute Gasteiger partial charge is 0.368 e. The Morgan fingerprint density at radius 1 is 1.15 bits per heavy atom. The maximum atomic E-state index is 4.30. The van der Waals surface area contributed by atoms with Gasteiger partial charge >= 0.3 is 0 Å². The first-order valence-electron chi connectivity index (χ1n) is 6.71. The van der Waals surface area contributed by atoms with Gasteiger partial charge in [0.25, 0.3) is 0 Å². The van der Waals surface area contributed by atoms with Gasteiger partial charge in [-0.2, -0.15) is 0 Å². The molecule has 2 heterocycles. The molecule has 0 aliphatic carbocycles. The number of hydrogen-bond acceptors (Lipinski definition) is 5. The predicted octanol–water partition coefficient (Wildman–Crippen LogP) is 2.12. The summed E-state index contributed by atoms with van der Waals surface area (Å²) in [5.41, 5.74) is 1.98. The Labute approximate surface area is 116 Å². The van der Waals surface area contributed by atoms with E-state index in [2.05, 4.69) is 57.1 Å². The van der Waals surface area contributed by atoms with E-state index in [-0.39, 0.29) is 0 Å². The lowest BCUT2D eigenvalue weighted by Crippen LogP contribution is -2.13. The molecule has 2 aromatic heterocycles. The molecular weight excluding hydrogens is 252 g/mol. The third-order valence-electron chi connectivity index (χ3n) is 3.36. The van der Waals surface area contributed by atoms with Gasteiger partial charge in [-0.25, -0.2) is 0 Å². The summed E-state index contributed by atoms with van der Waals surface area (Å²) in [6.07, 6.45) is 1.07. The van der Waals surface area contributed by atoms with Gasteiger partial charge in [0, 0.05) is 12.5 Å². The minimum Gasteiger partial charge on any atom is -0.368 e. The van der Waals surface area contributed by atoms with Gasteiger partial charge in [0.05, 0.1) is 0 Å². The second-order valence-electron chi connectivity index (χ2n) is 4.64. The van der Waals surface area contributed by atoms with Crippen LogP contribution in [0, 0.1) is 0 Å². The standard InChI is InChI=1S/C14H16N6/c1-2-11(12-6-4-3-5-7-12)10-15-13-8-9-14-16-18-19-20(14)17-13/h3-9,11H,2,10H2,1H3,(H,15,17)/t11-/m1/s1. The van der Waals surface area contributed by atoms with Crippen LogP contribution in [0.2, 0.25) is 0 Å². The fourth-order valence-electron chi connectivity index (χ4n) is 2.19. The van der Waals surface area contributed by atoms with E-state index in [0.717, 1.165) is 18.8 Å². The average Bonchev–Trinajstić information content (AvgIpc) is 2.96. The van der Waals surface area contributed by atoms with Gasteiger partial charge in [-0.05, 0) is 34.5 Å². The van der Waals surface area contributed by atoms with E-state index in [1.807, 2.05) is 18.2 Å². The molecule has 0 bridgehead atoms. The van der Waals surface area contributed by atoms with Crippen LogP contribution in [0.4, 0.5) is 5.82 Å². The van der Waals surface area contributed by atoms with E-state index in [0.29, 0.717) is 11.6 Å². The summed E-state index contributed by atoms with van der Waals surface area (Å²) in [7, 11) is 0. The lowest BCUT2D eigenvalue weighted by molar-refractivity contribution is 0.685. The zero-order chi connectivity index (χ0) is 13.8.